The lowest BCUT2D eigenvalue weighted by Gasteiger charge is -2.56. The normalized spacial score (nSPS) is 28.8. The number of anilines is 1. The number of allylic oxidation sites excluding steroid dienone is 1. The highest BCUT2D eigenvalue weighted by Crippen LogP contribution is 2.43. The van der Waals surface area contributed by atoms with Gasteiger partial charge in [-0.15, -0.1) is 0 Å². The fourth-order valence-electron chi connectivity index (χ4n) is 4.25. The molecule has 4 heterocycles. The Morgan fingerprint density at radius 2 is 2.17 bits per heavy atom. The van der Waals surface area contributed by atoms with Crippen molar-refractivity contribution in [3.8, 4) is 0 Å². The van der Waals surface area contributed by atoms with E-state index in [1.807, 2.05) is 23.8 Å². The van der Waals surface area contributed by atoms with E-state index >= 15 is 0 Å². The van der Waals surface area contributed by atoms with E-state index in [1.165, 1.54) is 0 Å². The van der Waals surface area contributed by atoms with Crippen LogP contribution in [0, 0.1) is 5.41 Å². The van der Waals surface area contributed by atoms with Crippen molar-refractivity contribution >= 4 is 11.9 Å². The van der Waals surface area contributed by atoms with Crippen molar-refractivity contribution in [3.05, 3.63) is 11.3 Å². The van der Waals surface area contributed by atoms with E-state index in [2.05, 4.69) is 29.4 Å². The van der Waals surface area contributed by atoms with Crippen molar-refractivity contribution in [2.24, 2.45) is 5.41 Å². The maximum atomic E-state index is 13.2. The molecular weight excluding hydrogens is 308 g/mol. The van der Waals surface area contributed by atoms with Gasteiger partial charge in [0.25, 0.3) is 5.91 Å². The number of carbonyl (C=O) groups excluding carboxylic acids is 1. The number of ether oxygens (including phenoxy) is 1. The van der Waals surface area contributed by atoms with E-state index in [0.29, 0.717) is 12.5 Å². The SMILES string of the molecule is CC1=C(C(=O)N2CC(C)(C)[C@H]2[C@H]2CCCO2)Cn2nnnc2N1C. The molecule has 3 aliphatic rings. The standard InChI is InChI=1S/C16H24N6O2/c1-10-11(8-22-15(20(10)4)17-18-19-22)14(23)21-9-16(2,3)13(21)12-6-5-7-24-12/h12-13H,5-9H2,1-4H3/t12-,13-/m1/s1. The summed E-state index contributed by atoms with van der Waals surface area (Å²) < 4.78 is 7.57. The molecule has 2 saturated heterocycles. The average Bonchev–Trinajstić information content (AvgIpc) is 3.19. The Balaban J connectivity index is 1.60. The molecule has 4 rings (SSSR count). The third-order valence-corrected chi connectivity index (χ3v) is 5.61. The predicted molar refractivity (Wildman–Crippen MR) is 87.2 cm³/mol. The van der Waals surface area contributed by atoms with Crippen LogP contribution < -0.4 is 4.90 Å². The number of carbonyl (C=O) groups is 1. The zero-order valence-electron chi connectivity index (χ0n) is 14.7. The van der Waals surface area contributed by atoms with Crippen LogP contribution in [0.5, 0.6) is 0 Å². The molecule has 0 aliphatic carbocycles. The van der Waals surface area contributed by atoms with Crippen molar-refractivity contribution in [3.63, 3.8) is 0 Å². The second kappa shape index (κ2) is 5.27. The number of nitrogens with zero attached hydrogens (tertiary/aromatic N) is 6. The number of hydrogen-bond donors (Lipinski definition) is 0. The van der Waals surface area contributed by atoms with Gasteiger partial charge in [0.1, 0.15) is 0 Å². The highest BCUT2D eigenvalue weighted by Gasteiger charge is 2.53. The van der Waals surface area contributed by atoms with Crippen molar-refractivity contribution in [1.82, 2.24) is 25.1 Å². The van der Waals surface area contributed by atoms with Gasteiger partial charge < -0.3 is 14.5 Å². The molecule has 8 nitrogen and oxygen atoms in total. The van der Waals surface area contributed by atoms with Crippen molar-refractivity contribution in [2.75, 3.05) is 25.1 Å². The molecule has 0 aromatic carbocycles. The van der Waals surface area contributed by atoms with Gasteiger partial charge in [-0.1, -0.05) is 18.9 Å². The maximum absolute atomic E-state index is 13.2. The Hall–Kier alpha value is -1.96. The van der Waals surface area contributed by atoms with Gasteiger partial charge in [0.2, 0.25) is 5.95 Å². The van der Waals surface area contributed by atoms with E-state index in [1.54, 1.807) is 4.68 Å². The first-order valence-electron chi connectivity index (χ1n) is 8.52. The molecule has 0 unspecified atom stereocenters. The number of tetrazole rings is 1. The van der Waals surface area contributed by atoms with E-state index < -0.39 is 0 Å². The van der Waals surface area contributed by atoms with Crippen LogP contribution in [0.3, 0.4) is 0 Å². The molecule has 130 valence electrons. The molecule has 3 aliphatic heterocycles. The molecule has 1 aromatic heterocycles. The Morgan fingerprint density at radius 1 is 1.38 bits per heavy atom. The largest absolute Gasteiger partial charge is 0.376 e. The highest BCUT2D eigenvalue weighted by molar-refractivity contribution is 5.96. The van der Waals surface area contributed by atoms with Crippen molar-refractivity contribution in [1.29, 1.82) is 0 Å². The van der Waals surface area contributed by atoms with Gasteiger partial charge >= 0.3 is 0 Å². The second-order valence-corrected chi connectivity index (χ2v) is 7.68. The van der Waals surface area contributed by atoms with Crippen LogP contribution in [-0.4, -0.2) is 63.4 Å². The lowest BCUT2D eigenvalue weighted by atomic mass is 9.71. The van der Waals surface area contributed by atoms with Gasteiger partial charge in [-0.2, -0.15) is 0 Å². The van der Waals surface area contributed by atoms with Crippen LogP contribution in [0.25, 0.3) is 0 Å². The van der Waals surface area contributed by atoms with Crippen LogP contribution in [-0.2, 0) is 16.1 Å². The quantitative estimate of drug-likeness (QED) is 0.798. The molecule has 0 bridgehead atoms. The number of likely N-dealkylation sites (tertiary alicyclic amines) is 1. The Kier molecular flexibility index (Phi) is 3.42. The summed E-state index contributed by atoms with van der Waals surface area (Å²) in [7, 11) is 1.89. The van der Waals surface area contributed by atoms with Gasteiger partial charge in [-0.3, -0.25) is 4.79 Å². The predicted octanol–water partition coefficient (Wildman–Crippen LogP) is 0.813. The lowest BCUT2D eigenvalue weighted by molar-refractivity contribution is -0.160. The molecule has 1 amide bonds. The number of aromatic nitrogens is 4. The number of amides is 1. The first-order valence-corrected chi connectivity index (χ1v) is 8.52. The van der Waals surface area contributed by atoms with Crippen molar-refractivity contribution < 1.29 is 9.53 Å². The summed E-state index contributed by atoms with van der Waals surface area (Å²) >= 11 is 0. The lowest BCUT2D eigenvalue weighted by Crippen LogP contribution is -2.68. The number of rotatable bonds is 2. The van der Waals surface area contributed by atoms with Crippen LogP contribution >= 0.6 is 0 Å². The van der Waals surface area contributed by atoms with Gasteiger partial charge in [0, 0.05) is 31.3 Å². The van der Waals surface area contributed by atoms with Gasteiger partial charge in [-0.05, 0) is 30.2 Å². The number of fused-ring (bicyclic) bond motifs is 1. The molecule has 8 heteroatoms. The molecule has 2 fully saturated rings. The Bertz CT molecular complexity index is 703. The first-order chi connectivity index (χ1) is 11.4. The molecule has 2 atom stereocenters. The zero-order chi connectivity index (χ0) is 17.1. The van der Waals surface area contributed by atoms with Gasteiger partial charge in [-0.25, -0.2) is 4.68 Å². The Morgan fingerprint density at radius 3 is 2.83 bits per heavy atom. The highest BCUT2D eigenvalue weighted by atomic mass is 16.5. The third-order valence-electron chi connectivity index (χ3n) is 5.61. The first kappa shape index (κ1) is 15.6. The van der Waals surface area contributed by atoms with Crippen molar-refractivity contribution in [2.45, 2.75) is 52.3 Å². The summed E-state index contributed by atoms with van der Waals surface area (Å²) in [6.07, 6.45) is 2.27. The minimum atomic E-state index is 0.0836. The van der Waals surface area contributed by atoms with E-state index in [0.717, 1.165) is 37.3 Å². The smallest absolute Gasteiger partial charge is 0.253 e. The van der Waals surface area contributed by atoms with E-state index in [4.69, 9.17) is 4.74 Å². The monoisotopic (exact) mass is 332 g/mol. The summed E-state index contributed by atoms with van der Waals surface area (Å²) in [6, 6.07) is 0.147. The topological polar surface area (TPSA) is 76.4 Å². The molecule has 24 heavy (non-hydrogen) atoms. The van der Waals surface area contributed by atoms with E-state index in [9.17, 15) is 4.79 Å². The zero-order valence-corrected chi connectivity index (χ0v) is 14.7. The van der Waals surface area contributed by atoms with Gasteiger partial charge in [0.15, 0.2) is 0 Å². The second-order valence-electron chi connectivity index (χ2n) is 7.68. The summed E-state index contributed by atoms with van der Waals surface area (Å²) in [5.74, 6) is 0.754. The minimum absolute atomic E-state index is 0.0836. The van der Waals surface area contributed by atoms with Crippen LogP contribution in [0.15, 0.2) is 11.3 Å². The Labute approximate surface area is 141 Å². The molecule has 0 saturated carbocycles. The molecule has 0 N–H and O–H groups in total. The van der Waals surface area contributed by atoms with Gasteiger partial charge in [0.05, 0.1) is 24.3 Å². The fourth-order valence-corrected chi connectivity index (χ4v) is 4.25. The summed E-state index contributed by atoms with van der Waals surface area (Å²) in [6.45, 7) is 8.38. The molecule has 1 aromatic rings. The summed E-state index contributed by atoms with van der Waals surface area (Å²) in [5, 5.41) is 11.7. The fraction of sp³-hybridized carbons (Fsp3) is 0.750. The molecule has 0 radical (unpaired) electrons. The third kappa shape index (κ3) is 2.16. The average molecular weight is 332 g/mol. The summed E-state index contributed by atoms with van der Waals surface area (Å²) in [5.41, 5.74) is 1.77. The van der Waals surface area contributed by atoms with Crippen LogP contribution in [0.2, 0.25) is 0 Å². The maximum Gasteiger partial charge on any atom is 0.253 e. The van der Waals surface area contributed by atoms with Crippen LogP contribution in [0.4, 0.5) is 5.95 Å². The minimum Gasteiger partial charge on any atom is -0.376 e. The number of hydrogen-bond acceptors (Lipinski definition) is 6. The molecular formula is C16H24N6O2. The summed E-state index contributed by atoms with van der Waals surface area (Å²) in [4.78, 5) is 17.1. The molecule has 0 spiro atoms. The van der Waals surface area contributed by atoms with Crippen LogP contribution in [0.1, 0.15) is 33.6 Å². The van der Waals surface area contributed by atoms with E-state index in [-0.39, 0.29) is 23.5 Å².